The van der Waals surface area contributed by atoms with Gasteiger partial charge in [0, 0.05) is 5.54 Å². The summed E-state index contributed by atoms with van der Waals surface area (Å²) in [6.45, 7) is 5.74. The van der Waals surface area contributed by atoms with Crippen molar-refractivity contribution in [3.63, 3.8) is 0 Å². The summed E-state index contributed by atoms with van der Waals surface area (Å²) in [5.74, 6) is -0.280. The van der Waals surface area contributed by atoms with Gasteiger partial charge in [0.05, 0.1) is 4.99 Å². The monoisotopic (exact) mass is 238 g/mol. The molecule has 0 amide bonds. The summed E-state index contributed by atoms with van der Waals surface area (Å²) < 4.78 is 25.6. The summed E-state index contributed by atoms with van der Waals surface area (Å²) in [4.78, 5) is -0.00736. The molecule has 0 fully saturated rings. The van der Waals surface area contributed by atoms with Crippen LogP contribution in [-0.2, 0) is 10.0 Å². The van der Waals surface area contributed by atoms with Gasteiger partial charge in [0.2, 0.25) is 10.0 Å². The minimum atomic E-state index is -3.38. The smallest absolute Gasteiger partial charge is 0.218 e. The van der Waals surface area contributed by atoms with Crippen LogP contribution in [-0.4, -0.2) is 24.7 Å². The van der Waals surface area contributed by atoms with Crippen molar-refractivity contribution in [1.82, 2.24) is 4.72 Å². The van der Waals surface area contributed by atoms with Gasteiger partial charge in [0.1, 0.15) is 5.75 Å². The van der Waals surface area contributed by atoms with Crippen LogP contribution in [0.1, 0.15) is 33.6 Å². The van der Waals surface area contributed by atoms with E-state index in [-0.39, 0.29) is 10.7 Å². The molecule has 3 N–H and O–H groups in total. The van der Waals surface area contributed by atoms with Crippen molar-refractivity contribution in [3.05, 3.63) is 0 Å². The minimum Gasteiger partial charge on any atom is -0.392 e. The Balaban J connectivity index is 4.57. The first-order chi connectivity index (χ1) is 6.24. The molecule has 0 aromatic rings. The van der Waals surface area contributed by atoms with Crippen LogP contribution in [0.2, 0.25) is 0 Å². The Morgan fingerprint density at radius 2 is 1.86 bits per heavy atom. The second kappa shape index (κ2) is 5.04. The zero-order valence-corrected chi connectivity index (χ0v) is 10.5. The first-order valence-corrected chi connectivity index (χ1v) is 6.60. The van der Waals surface area contributed by atoms with Crippen LogP contribution < -0.4 is 10.5 Å². The molecule has 0 aliphatic rings. The molecule has 0 bridgehead atoms. The van der Waals surface area contributed by atoms with E-state index in [9.17, 15) is 8.42 Å². The van der Waals surface area contributed by atoms with Crippen molar-refractivity contribution in [3.8, 4) is 0 Å². The van der Waals surface area contributed by atoms with Crippen LogP contribution >= 0.6 is 12.2 Å². The summed E-state index contributed by atoms with van der Waals surface area (Å²) in [5, 5.41) is 0. The average molecular weight is 238 g/mol. The van der Waals surface area contributed by atoms with Crippen molar-refractivity contribution >= 4 is 27.2 Å². The maximum Gasteiger partial charge on any atom is 0.218 e. The lowest BCUT2D eigenvalue weighted by molar-refractivity contribution is 0.389. The third-order valence-corrected chi connectivity index (χ3v) is 4.12. The maximum atomic E-state index is 11.5. The molecular formula is C8H18N2O2S2. The fourth-order valence-corrected chi connectivity index (χ4v) is 2.94. The standard InChI is InChI=1S/C8H18N2O2S2/c1-4-8(3,5-2)10-14(11,12)6-7(9)13/h10H,4-6H2,1-3H3,(H2,9,13). The van der Waals surface area contributed by atoms with Crippen LogP contribution in [0.15, 0.2) is 0 Å². The van der Waals surface area contributed by atoms with E-state index >= 15 is 0 Å². The van der Waals surface area contributed by atoms with Gasteiger partial charge in [-0.1, -0.05) is 26.1 Å². The van der Waals surface area contributed by atoms with Crippen molar-refractivity contribution < 1.29 is 8.42 Å². The summed E-state index contributed by atoms with van der Waals surface area (Å²) >= 11 is 4.56. The predicted molar refractivity (Wildman–Crippen MR) is 62.7 cm³/mol. The number of hydrogen-bond donors (Lipinski definition) is 2. The Bertz CT molecular complexity index is 294. The van der Waals surface area contributed by atoms with Crippen LogP contribution in [0.3, 0.4) is 0 Å². The Hall–Kier alpha value is -0.200. The molecule has 0 atom stereocenters. The lowest BCUT2D eigenvalue weighted by Crippen LogP contribution is -2.47. The molecule has 0 radical (unpaired) electrons. The topological polar surface area (TPSA) is 72.2 Å². The molecular weight excluding hydrogens is 220 g/mol. The number of thiocarbonyl (C=S) groups is 1. The van der Waals surface area contributed by atoms with Crippen molar-refractivity contribution in [2.75, 3.05) is 5.75 Å². The second-order valence-electron chi connectivity index (χ2n) is 3.60. The first kappa shape index (κ1) is 13.8. The molecule has 6 heteroatoms. The highest BCUT2D eigenvalue weighted by Crippen LogP contribution is 2.14. The van der Waals surface area contributed by atoms with Crippen LogP contribution in [0, 0.1) is 0 Å². The van der Waals surface area contributed by atoms with Crippen molar-refractivity contribution in [2.45, 2.75) is 39.2 Å². The van der Waals surface area contributed by atoms with Gasteiger partial charge in [-0.3, -0.25) is 0 Å². The Morgan fingerprint density at radius 1 is 1.43 bits per heavy atom. The van der Waals surface area contributed by atoms with Gasteiger partial charge in [-0.05, 0) is 19.8 Å². The maximum absolute atomic E-state index is 11.5. The first-order valence-electron chi connectivity index (χ1n) is 4.54. The molecule has 0 spiro atoms. The summed E-state index contributed by atoms with van der Waals surface area (Å²) in [6.07, 6.45) is 1.47. The highest BCUT2D eigenvalue weighted by molar-refractivity contribution is 7.92. The van der Waals surface area contributed by atoms with Crippen LogP contribution in [0.4, 0.5) is 0 Å². The third-order valence-electron chi connectivity index (χ3n) is 2.29. The number of nitrogens with two attached hydrogens (primary N) is 1. The van der Waals surface area contributed by atoms with Gasteiger partial charge in [-0.15, -0.1) is 0 Å². The Labute approximate surface area is 91.3 Å². The highest BCUT2D eigenvalue weighted by Gasteiger charge is 2.26. The second-order valence-corrected chi connectivity index (χ2v) is 5.84. The summed E-state index contributed by atoms with van der Waals surface area (Å²) in [6, 6.07) is 0. The highest BCUT2D eigenvalue weighted by atomic mass is 32.2. The zero-order valence-electron chi connectivity index (χ0n) is 8.83. The molecule has 0 saturated carbocycles. The van der Waals surface area contributed by atoms with E-state index < -0.39 is 15.6 Å². The predicted octanol–water partition coefficient (Wildman–Crippen LogP) is 0.771. The number of sulfonamides is 1. The molecule has 0 aromatic heterocycles. The van der Waals surface area contributed by atoms with E-state index in [1.165, 1.54) is 0 Å². The molecule has 0 aromatic carbocycles. The molecule has 14 heavy (non-hydrogen) atoms. The lowest BCUT2D eigenvalue weighted by atomic mass is 9.98. The van der Waals surface area contributed by atoms with E-state index in [0.717, 1.165) is 12.8 Å². The van der Waals surface area contributed by atoms with Gasteiger partial charge < -0.3 is 5.73 Å². The largest absolute Gasteiger partial charge is 0.392 e. The quantitative estimate of drug-likeness (QED) is 0.671. The number of nitrogens with one attached hydrogen (secondary N) is 1. The van der Waals surface area contributed by atoms with Crippen molar-refractivity contribution in [2.24, 2.45) is 5.73 Å². The third kappa shape index (κ3) is 4.88. The molecule has 0 heterocycles. The molecule has 84 valence electrons. The van der Waals surface area contributed by atoms with E-state index in [2.05, 4.69) is 16.9 Å². The molecule has 0 rings (SSSR count). The zero-order chi connectivity index (χ0) is 11.4. The summed E-state index contributed by atoms with van der Waals surface area (Å²) in [5.41, 5.74) is 4.79. The molecule has 0 aliphatic carbocycles. The van der Waals surface area contributed by atoms with Gasteiger partial charge in [0.15, 0.2) is 0 Å². The van der Waals surface area contributed by atoms with E-state index in [4.69, 9.17) is 5.73 Å². The van der Waals surface area contributed by atoms with E-state index in [0.29, 0.717) is 0 Å². The van der Waals surface area contributed by atoms with Gasteiger partial charge in [-0.2, -0.15) is 0 Å². The number of rotatable bonds is 6. The van der Waals surface area contributed by atoms with Crippen molar-refractivity contribution in [1.29, 1.82) is 0 Å². The van der Waals surface area contributed by atoms with Crippen LogP contribution in [0.25, 0.3) is 0 Å². The lowest BCUT2D eigenvalue weighted by Gasteiger charge is -2.27. The normalized spacial score (nSPS) is 12.8. The molecule has 0 aliphatic heterocycles. The van der Waals surface area contributed by atoms with Gasteiger partial charge in [-0.25, -0.2) is 13.1 Å². The van der Waals surface area contributed by atoms with Gasteiger partial charge >= 0.3 is 0 Å². The summed E-state index contributed by atoms with van der Waals surface area (Å²) in [7, 11) is -3.38. The van der Waals surface area contributed by atoms with E-state index in [1.807, 2.05) is 20.8 Å². The van der Waals surface area contributed by atoms with E-state index in [1.54, 1.807) is 0 Å². The molecule has 0 unspecified atom stereocenters. The Morgan fingerprint density at radius 3 is 2.14 bits per heavy atom. The minimum absolute atomic E-state index is 0.00736. The Kier molecular flexibility index (Phi) is 4.97. The van der Waals surface area contributed by atoms with Crippen LogP contribution in [0.5, 0.6) is 0 Å². The molecule has 4 nitrogen and oxygen atoms in total. The number of hydrogen-bond acceptors (Lipinski definition) is 3. The SMILES string of the molecule is CCC(C)(CC)NS(=O)(=O)CC(N)=S. The fourth-order valence-electron chi connectivity index (χ4n) is 0.993. The fraction of sp³-hybridized carbons (Fsp3) is 0.875. The van der Waals surface area contributed by atoms with Gasteiger partial charge in [0.25, 0.3) is 0 Å². The molecule has 0 saturated heterocycles. The average Bonchev–Trinajstić information content (AvgIpc) is 2.01.